The van der Waals surface area contributed by atoms with Crippen molar-refractivity contribution in [3.63, 3.8) is 0 Å². The smallest absolute Gasteiger partial charge is 0.407 e. The van der Waals surface area contributed by atoms with E-state index in [2.05, 4.69) is 10.3 Å². The molecule has 0 atom stereocenters. The van der Waals surface area contributed by atoms with E-state index in [0.29, 0.717) is 18.9 Å². The molecule has 140 valence electrons. The molecule has 0 saturated carbocycles. The Hall–Kier alpha value is -3.42. The molecule has 0 unspecified atom stereocenters. The second-order valence-corrected chi connectivity index (χ2v) is 5.96. The number of pyridine rings is 1. The molecule has 0 aliphatic carbocycles. The van der Waals surface area contributed by atoms with Gasteiger partial charge in [-0.15, -0.1) is 0 Å². The second-order valence-electron chi connectivity index (χ2n) is 5.96. The number of alkyl carbamates (subject to hydrolysis) is 1. The molecule has 1 saturated heterocycles. The standard InChI is InChI=1S/C19H20N4O4/c24-17(12-21-19(26)27-14-15-6-2-1-3-7-15)22-10-11-23(18(25)13-22)16-8-4-5-9-20-16/h1-9H,10-14H2,(H,21,26). The molecule has 3 amide bonds. The highest BCUT2D eigenvalue weighted by Crippen LogP contribution is 2.13. The van der Waals surface area contributed by atoms with E-state index in [1.165, 1.54) is 4.90 Å². The maximum atomic E-state index is 12.3. The number of aromatic nitrogens is 1. The molecular formula is C19H20N4O4. The van der Waals surface area contributed by atoms with Gasteiger partial charge in [0, 0.05) is 19.3 Å². The lowest BCUT2D eigenvalue weighted by molar-refractivity contribution is -0.136. The number of anilines is 1. The Labute approximate surface area is 156 Å². The van der Waals surface area contributed by atoms with Crippen LogP contribution in [0.2, 0.25) is 0 Å². The quantitative estimate of drug-likeness (QED) is 0.856. The lowest BCUT2D eigenvalue weighted by Crippen LogP contribution is -2.54. The fourth-order valence-corrected chi connectivity index (χ4v) is 2.68. The van der Waals surface area contributed by atoms with Gasteiger partial charge in [-0.05, 0) is 17.7 Å². The molecule has 1 N–H and O–H groups in total. The molecule has 1 aliphatic rings. The summed E-state index contributed by atoms with van der Waals surface area (Å²) in [7, 11) is 0. The van der Waals surface area contributed by atoms with Crippen LogP contribution in [0.25, 0.3) is 0 Å². The minimum absolute atomic E-state index is 0.0455. The first-order chi connectivity index (χ1) is 13.1. The van der Waals surface area contributed by atoms with Crippen molar-refractivity contribution in [1.29, 1.82) is 0 Å². The molecule has 0 bridgehead atoms. The Morgan fingerprint density at radius 1 is 1.07 bits per heavy atom. The summed E-state index contributed by atoms with van der Waals surface area (Å²) < 4.78 is 5.06. The third-order valence-corrected chi connectivity index (χ3v) is 4.10. The molecule has 3 rings (SSSR count). The number of hydrogen-bond acceptors (Lipinski definition) is 5. The summed E-state index contributed by atoms with van der Waals surface area (Å²) in [5.74, 6) is 0.0258. The number of carbonyl (C=O) groups excluding carboxylic acids is 3. The fourth-order valence-electron chi connectivity index (χ4n) is 2.68. The third kappa shape index (κ3) is 5.04. The van der Waals surface area contributed by atoms with Gasteiger partial charge in [-0.1, -0.05) is 36.4 Å². The second kappa shape index (κ2) is 8.79. The molecule has 0 spiro atoms. The Bertz CT molecular complexity index is 798. The average molecular weight is 368 g/mol. The van der Waals surface area contributed by atoms with E-state index in [-0.39, 0.29) is 31.5 Å². The summed E-state index contributed by atoms with van der Waals surface area (Å²) in [4.78, 5) is 43.4. The van der Waals surface area contributed by atoms with Crippen LogP contribution in [-0.4, -0.2) is 54.0 Å². The highest BCUT2D eigenvalue weighted by Gasteiger charge is 2.28. The molecule has 1 aromatic heterocycles. The van der Waals surface area contributed by atoms with Crippen LogP contribution >= 0.6 is 0 Å². The van der Waals surface area contributed by atoms with Gasteiger partial charge in [-0.2, -0.15) is 0 Å². The molecule has 27 heavy (non-hydrogen) atoms. The lowest BCUT2D eigenvalue weighted by Gasteiger charge is -2.33. The van der Waals surface area contributed by atoms with Crippen LogP contribution in [0, 0.1) is 0 Å². The molecule has 8 nitrogen and oxygen atoms in total. The number of nitrogens with zero attached hydrogens (tertiary/aromatic N) is 3. The van der Waals surface area contributed by atoms with Gasteiger partial charge in [0.1, 0.15) is 25.5 Å². The zero-order chi connectivity index (χ0) is 19.1. The van der Waals surface area contributed by atoms with Gasteiger partial charge in [0.15, 0.2) is 0 Å². The molecular weight excluding hydrogens is 348 g/mol. The third-order valence-electron chi connectivity index (χ3n) is 4.10. The summed E-state index contributed by atoms with van der Waals surface area (Å²) >= 11 is 0. The van der Waals surface area contributed by atoms with Crippen molar-refractivity contribution in [1.82, 2.24) is 15.2 Å². The SMILES string of the molecule is O=C(NCC(=O)N1CCN(c2ccccn2)C(=O)C1)OCc1ccccc1. The summed E-state index contributed by atoms with van der Waals surface area (Å²) in [6.45, 7) is 0.602. The van der Waals surface area contributed by atoms with Crippen molar-refractivity contribution in [2.45, 2.75) is 6.61 Å². The molecule has 2 heterocycles. The highest BCUT2D eigenvalue weighted by atomic mass is 16.5. The van der Waals surface area contributed by atoms with Crippen molar-refractivity contribution in [2.24, 2.45) is 0 Å². The Balaban J connectivity index is 1.42. The summed E-state index contributed by atoms with van der Waals surface area (Å²) in [5, 5.41) is 2.42. The largest absolute Gasteiger partial charge is 0.445 e. The average Bonchev–Trinajstić information content (AvgIpc) is 2.71. The maximum absolute atomic E-state index is 12.3. The van der Waals surface area contributed by atoms with Gasteiger partial charge < -0.3 is 15.0 Å². The molecule has 1 fully saturated rings. The van der Waals surface area contributed by atoms with Crippen LogP contribution in [0.15, 0.2) is 54.7 Å². The van der Waals surface area contributed by atoms with Gasteiger partial charge in [0.2, 0.25) is 11.8 Å². The molecule has 1 aromatic carbocycles. The van der Waals surface area contributed by atoms with Crippen molar-refractivity contribution in [3.05, 3.63) is 60.3 Å². The molecule has 1 aliphatic heterocycles. The van der Waals surface area contributed by atoms with E-state index < -0.39 is 6.09 Å². The molecule has 2 aromatic rings. The summed E-state index contributed by atoms with van der Waals surface area (Å²) in [5.41, 5.74) is 0.857. The highest BCUT2D eigenvalue weighted by molar-refractivity contribution is 5.97. The van der Waals surface area contributed by atoms with Crippen molar-refractivity contribution in [3.8, 4) is 0 Å². The van der Waals surface area contributed by atoms with E-state index in [1.54, 1.807) is 29.3 Å². The van der Waals surface area contributed by atoms with Crippen molar-refractivity contribution in [2.75, 3.05) is 31.1 Å². The van der Waals surface area contributed by atoms with Crippen LogP contribution in [0.3, 0.4) is 0 Å². The van der Waals surface area contributed by atoms with Crippen LogP contribution in [0.5, 0.6) is 0 Å². The fraction of sp³-hybridized carbons (Fsp3) is 0.263. The topological polar surface area (TPSA) is 91.8 Å². The van der Waals surface area contributed by atoms with Crippen LogP contribution < -0.4 is 10.2 Å². The monoisotopic (exact) mass is 368 g/mol. The van der Waals surface area contributed by atoms with E-state index in [1.807, 2.05) is 30.3 Å². The number of ether oxygens (including phenoxy) is 1. The zero-order valence-corrected chi connectivity index (χ0v) is 14.7. The number of amides is 3. The Kier molecular flexibility index (Phi) is 5.98. The first kappa shape index (κ1) is 18.4. The lowest BCUT2D eigenvalue weighted by atomic mass is 10.2. The van der Waals surface area contributed by atoms with Gasteiger partial charge in [0.05, 0.1) is 0 Å². The predicted octanol–water partition coefficient (Wildman–Crippen LogP) is 1.18. The maximum Gasteiger partial charge on any atom is 0.407 e. The number of hydrogen-bond donors (Lipinski definition) is 1. The van der Waals surface area contributed by atoms with E-state index in [4.69, 9.17) is 4.74 Å². The van der Waals surface area contributed by atoms with Crippen molar-refractivity contribution >= 4 is 23.7 Å². The van der Waals surface area contributed by atoms with Gasteiger partial charge >= 0.3 is 6.09 Å². The van der Waals surface area contributed by atoms with E-state index >= 15 is 0 Å². The number of nitrogens with one attached hydrogen (secondary N) is 1. The minimum atomic E-state index is -0.675. The van der Waals surface area contributed by atoms with Gasteiger partial charge in [0.25, 0.3) is 0 Å². The molecule has 8 heteroatoms. The molecule has 0 radical (unpaired) electrons. The van der Waals surface area contributed by atoms with Gasteiger partial charge in [-0.25, -0.2) is 9.78 Å². The first-order valence-electron chi connectivity index (χ1n) is 8.57. The number of piperazine rings is 1. The van der Waals surface area contributed by atoms with Crippen molar-refractivity contribution < 1.29 is 19.1 Å². The number of rotatable bonds is 5. The van der Waals surface area contributed by atoms with Crippen LogP contribution in [0.1, 0.15) is 5.56 Å². The zero-order valence-electron chi connectivity index (χ0n) is 14.7. The van der Waals surface area contributed by atoms with Crippen LogP contribution in [-0.2, 0) is 20.9 Å². The van der Waals surface area contributed by atoms with Crippen LogP contribution in [0.4, 0.5) is 10.6 Å². The van der Waals surface area contributed by atoms with Gasteiger partial charge in [-0.3, -0.25) is 14.5 Å². The first-order valence-corrected chi connectivity index (χ1v) is 8.57. The summed E-state index contributed by atoms with van der Waals surface area (Å²) in [6, 6.07) is 14.6. The van der Waals surface area contributed by atoms with E-state index in [0.717, 1.165) is 5.56 Å². The predicted molar refractivity (Wildman–Crippen MR) is 97.8 cm³/mol. The Morgan fingerprint density at radius 3 is 2.56 bits per heavy atom. The Morgan fingerprint density at radius 2 is 1.85 bits per heavy atom. The van der Waals surface area contributed by atoms with E-state index in [9.17, 15) is 14.4 Å². The summed E-state index contributed by atoms with van der Waals surface area (Å²) in [6.07, 6.45) is 0.941. The number of benzene rings is 1. The minimum Gasteiger partial charge on any atom is -0.445 e. The normalized spacial score (nSPS) is 14.0. The number of carbonyl (C=O) groups is 3.